The van der Waals surface area contributed by atoms with E-state index in [0.717, 1.165) is 24.0 Å². The van der Waals surface area contributed by atoms with Gasteiger partial charge < -0.3 is 25.0 Å². The average molecular weight is 392 g/mol. The Hall–Kier alpha value is -2.92. The number of imidazole rings is 1. The van der Waals surface area contributed by atoms with E-state index in [1.165, 1.54) is 0 Å². The minimum Gasteiger partial charge on any atom is -0.393 e. The highest BCUT2D eigenvalue weighted by molar-refractivity contribution is 5.60. The van der Waals surface area contributed by atoms with Gasteiger partial charge in [-0.3, -0.25) is 0 Å². The fourth-order valence-electron chi connectivity index (χ4n) is 3.48. The molecule has 1 aromatic carbocycles. The second-order valence-electron chi connectivity index (χ2n) is 7.40. The molecule has 4 N–H and O–H groups in total. The Balaban J connectivity index is 1.51. The van der Waals surface area contributed by atoms with Gasteiger partial charge in [0.05, 0.1) is 6.10 Å². The van der Waals surface area contributed by atoms with E-state index in [4.69, 9.17) is 10.3 Å². The molecule has 1 aliphatic rings. The van der Waals surface area contributed by atoms with Crippen LogP contribution in [-0.4, -0.2) is 37.6 Å². The van der Waals surface area contributed by atoms with Crippen molar-refractivity contribution in [2.45, 2.75) is 38.0 Å². The maximum absolute atomic E-state index is 9.91. The zero-order chi connectivity index (χ0) is 20.4. The van der Waals surface area contributed by atoms with Gasteiger partial charge in [-0.05, 0) is 31.9 Å². The Bertz CT molecular complexity index is 1020. The van der Waals surface area contributed by atoms with Gasteiger partial charge in [0.15, 0.2) is 5.76 Å². The second-order valence-corrected chi connectivity index (χ2v) is 7.40. The number of aliphatic hydroxyl groups is 2. The van der Waals surface area contributed by atoms with Crippen molar-refractivity contribution in [1.29, 1.82) is 0 Å². The number of aliphatic hydroxyl groups excluding tert-OH is 2. The van der Waals surface area contributed by atoms with E-state index in [1.807, 2.05) is 34.9 Å². The Labute approximate surface area is 169 Å². The molecule has 0 saturated heterocycles. The first-order valence-electron chi connectivity index (χ1n) is 9.72. The maximum Gasteiger partial charge on any atom is 0.161 e. The fourth-order valence-corrected chi connectivity index (χ4v) is 3.48. The normalized spacial score (nSPS) is 20.4. The minimum atomic E-state index is -0.710. The standard InChI is InChI=1S/C22H24N4O3/c1-14(27)22-24-8-9-26(22)20(13-23)21-12-19(25-29-21)17-6-4-15(5-7-17)2-3-16-10-18(28)11-16/h4-9,12,14,16,18,20,27-28H,10-11,13,23H2,1H3/t14-,16?,18?,20+/m0/s1. The molecule has 0 spiro atoms. The first kappa shape index (κ1) is 19.4. The summed E-state index contributed by atoms with van der Waals surface area (Å²) in [4.78, 5) is 4.20. The van der Waals surface area contributed by atoms with Crippen molar-refractivity contribution in [1.82, 2.24) is 14.7 Å². The van der Waals surface area contributed by atoms with Gasteiger partial charge in [-0.15, -0.1) is 0 Å². The van der Waals surface area contributed by atoms with Crippen LogP contribution in [0.4, 0.5) is 0 Å². The van der Waals surface area contributed by atoms with Gasteiger partial charge in [-0.1, -0.05) is 29.1 Å². The maximum atomic E-state index is 9.91. The number of benzene rings is 1. The fraction of sp³-hybridized carbons (Fsp3) is 0.364. The minimum absolute atomic E-state index is 0.186. The van der Waals surface area contributed by atoms with E-state index in [9.17, 15) is 10.2 Å². The van der Waals surface area contributed by atoms with Crippen LogP contribution in [0.15, 0.2) is 47.2 Å². The van der Waals surface area contributed by atoms with Crippen molar-refractivity contribution in [2.75, 3.05) is 6.54 Å². The van der Waals surface area contributed by atoms with E-state index in [0.29, 0.717) is 23.2 Å². The molecule has 3 aromatic rings. The number of aromatic nitrogens is 3. The summed E-state index contributed by atoms with van der Waals surface area (Å²) in [6.45, 7) is 1.95. The van der Waals surface area contributed by atoms with Gasteiger partial charge in [0.25, 0.3) is 0 Å². The topological polar surface area (TPSA) is 110 Å². The summed E-state index contributed by atoms with van der Waals surface area (Å²) in [6.07, 6.45) is 4.04. The largest absolute Gasteiger partial charge is 0.393 e. The molecule has 7 nitrogen and oxygen atoms in total. The Morgan fingerprint density at radius 2 is 2.07 bits per heavy atom. The molecule has 0 aliphatic heterocycles. The number of nitrogens with two attached hydrogens (primary N) is 1. The zero-order valence-electron chi connectivity index (χ0n) is 16.2. The van der Waals surface area contributed by atoms with Crippen LogP contribution < -0.4 is 5.73 Å². The Morgan fingerprint density at radius 1 is 1.31 bits per heavy atom. The monoisotopic (exact) mass is 392 g/mol. The molecule has 0 amide bonds. The van der Waals surface area contributed by atoms with Gasteiger partial charge >= 0.3 is 0 Å². The van der Waals surface area contributed by atoms with E-state index in [-0.39, 0.29) is 18.7 Å². The van der Waals surface area contributed by atoms with Crippen LogP contribution in [0, 0.1) is 17.8 Å². The quantitative estimate of drug-likeness (QED) is 0.575. The van der Waals surface area contributed by atoms with Crippen molar-refractivity contribution in [3.8, 4) is 23.1 Å². The van der Waals surface area contributed by atoms with Gasteiger partial charge in [-0.25, -0.2) is 4.98 Å². The molecule has 4 rings (SSSR count). The summed E-state index contributed by atoms with van der Waals surface area (Å²) < 4.78 is 7.37. The summed E-state index contributed by atoms with van der Waals surface area (Å²) >= 11 is 0. The van der Waals surface area contributed by atoms with Gasteiger partial charge in [0.2, 0.25) is 0 Å². The van der Waals surface area contributed by atoms with Crippen LogP contribution in [0.25, 0.3) is 11.3 Å². The number of hydrogen-bond donors (Lipinski definition) is 3. The van der Waals surface area contributed by atoms with Crippen molar-refractivity contribution in [3.05, 3.63) is 59.9 Å². The molecule has 1 saturated carbocycles. The third kappa shape index (κ3) is 4.10. The first-order valence-corrected chi connectivity index (χ1v) is 9.72. The van der Waals surface area contributed by atoms with Crippen LogP contribution in [0.2, 0.25) is 0 Å². The van der Waals surface area contributed by atoms with E-state index >= 15 is 0 Å². The second kappa shape index (κ2) is 8.21. The molecule has 1 aliphatic carbocycles. The van der Waals surface area contributed by atoms with Crippen molar-refractivity contribution < 1.29 is 14.7 Å². The summed E-state index contributed by atoms with van der Waals surface area (Å²) in [7, 11) is 0. The van der Waals surface area contributed by atoms with Gasteiger partial charge in [0.1, 0.15) is 23.7 Å². The molecule has 0 unspecified atom stereocenters. The van der Waals surface area contributed by atoms with Crippen LogP contribution in [0.3, 0.4) is 0 Å². The number of hydrogen-bond acceptors (Lipinski definition) is 6. The van der Waals surface area contributed by atoms with E-state index < -0.39 is 6.10 Å². The summed E-state index contributed by atoms with van der Waals surface area (Å²) in [5, 5.41) is 23.4. The Morgan fingerprint density at radius 3 is 2.72 bits per heavy atom. The molecule has 29 heavy (non-hydrogen) atoms. The zero-order valence-corrected chi connectivity index (χ0v) is 16.2. The van der Waals surface area contributed by atoms with Crippen LogP contribution in [-0.2, 0) is 0 Å². The predicted octanol–water partition coefficient (Wildman–Crippen LogP) is 2.26. The van der Waals surface area contributed by atoms with Crippen LogP contribution in [0.1, 0.15) is 49.1 Å². The number of nitrogens with zero attached hydrogens (tertiary/aromatic N) is 3. The van der Waals surface area contributed by atoms with Crippen molar-refractivity contribution in [2.24, 2.45) is 11.7 Å². The average Bonchev–Trinajstić information content (AvgIpc) is 3.36. The lowest BCUT2D eigenvalue weighted by Gasteiger charge is -2.26. The third-order valence-corrected chi connectivity index (χ3v) is 5.20. The molecular weight excluding hydrogens is 368 g/mol. The summed E-state index contributed by atoms with van der Waals surface area (Å²) in [6, 6.07) is 9.38. The summed E-state index contributed by atoms with van der Waals surface area (Å²) in [5.41, 5.74) is 8.52. The lowest BCUT2D eigenvalue weighted by atomic mass is 9.83. The predicted molar refractivity (Wildman–Crippen MR) is 108 cm³/mol. The molecule has 150 valence electrons. The molecule has 2 heterocycles. The highest BCUT2D eigenvalue weighted by atomic mass is 16.5. The SMILES string of the molecule is C[C@H](O)c1nccn1[C@H](CN)c1cc(-c2ccc(C#CC3CC(O)C3)cc2)no1. The van der Waals surface area contributed by atoms with E-state index in [2.05, 4.69) is 22.0 Å². The van der Waals surface area contributed by atoms with E-state index in [1.54, 1.807) is 19.3 Å². The number of rotatable bonds is 5. The lowest BCUT2D eigenvalue weighted by Crippen LogP contribution is -2.26. The summed E-state index contributed by atoms with van der Waals surface area (Å²) in [5.74, 6) is 7.78. The lowest BCUT2D eigenvalue weighted by molar-refractivity contribution is 0.0666. The molecule has 1 fully saturated rings. The Kier molecular flexibility index (Phi) is 5.49. The van der Waals surface area contributed by atoms with Crippen LogP contribution in [0.5, 0.6) is 0 Å². The molecule has 7 heteroatoms. The first-order chi connectivity index (χ1) is 14.0. The molecule has 0 radical (unpaired) electrons. The highest BCUT2D eigenvalue weighted by Gasteiger charge is 2.25. The molecule has 2 aromatic heterocycles. The molecular formula is C22H24N4O3. The van der Waals surface area contributed by atoms with Gasteiger partial charge in [0, 0.05) is 42.0 Å². The highest BCUT2D eigenvalue weighted by Crippen LogP contribution is 2.28. The smallest absolute Gasteiger partial charge is 0.161 e. The third-order valence-electron chi connectivity index (χ3n) is 5.20. The van der Waals surface area contributed by atoms with Crippen molar-refractivity contribution >= 4 is 0 Å². The molecule has 0 bridgehead atoms. The molecule has 2 atom stereocenters. The van der Waals surface area contributed by atoms with Crippen LogP contribution >= 0.6 is 0 Å². The van der Waals surface area contributed by atoms with Gasteiger partial charge in [-0.2, -0.15) is 0 Å². The van der Waals surface area contributed by atoms with Crippen molar-refractivity contribution in [3.63, 3.8) is 0 Å².